The molecule has 172 valence electrons. The van der Waals surface area contributed by atoms with Crippen molar-refractivity contribution in [2.75, 3.05) is 40.8 Å². The first-order valence-corrected chi connectivity index (χ1v) is 9.68. The molecule has 0 fully saturated rings. The van der Waals surface area contributed by atoms with Gasteiger partial charge in [0.1, 0.15) is 6.54 Å². The molecule has 31 heavy (non-hydrogen) atoms. The summed E-state index contributed by atoms with van der Waals surface area (Å²) in [5, 5.41) is 25.4. The van der Waals surface area contributed by atoms with E-state index >= 15 is 0 Å². The van der Waals surface area contributed by atoms with Crippen LogP contribution in [0, 0.1) is 10.1 Å². The summed E-state index contributed by atoms with van der Waals surface area (Å²) in [4.78, 5) is 46.1. The molecule has 0 saturated heterocycles. The zero-order chi connectivity index (χ0) is 23.8. The molecule has 1 aromatic rings. The van der Waals surface area contributed by atoms with Gasteiger partial charge in [0.25, 0.3) is 5.69 Å². The van der Waals surface area contributed by atoms with Gasteiger partial charge in [0, 0.05) is 25.6 Å². The predicted octanol–water partition coefficient (Wildman–Crippen LogP) is -0.412. The lowest BCUT2D eigenvalue weighted by Crippen LogP contribution is -2.59. The summed E-state index contributed by atoms with van der Waals surface area (Å²) in [5.41, 5.74) is 0.258. The molecule has 0 aliphatic carbocycles. The van der Waals surface area contributed by atoms with Crippen LogP contribution in [0.5, 0.6) is 0 Å². The number of benzene rings is 1. The molecule has 1 aromatic carbocycles. The van der Waals surface area contributed by atoms with Crippen molar-refractivity contribution < 1.29 is 38.4 Å². The Morgan fingerprint density at radius 2 is 1.74 bits per heavy atom. The first-order chi connectivity index (χ1) is 14.4. The van der Waals surface area contributed by atoms with Gasteiger partial charge in [-0.1, -0.05) is 12.1 Å². The van der Waals surface area contributed by atoms with Crippen LogP contribution in [0.1, 0.15) is 25.3 Å². The Balaban J connectivity index is 3.14. The van der Waals surface area contributed by atoms with Gasteiger partial charge in [-0.25, -0.2) is 0 Å². The van der Waals surface area contributed by atoms with E-state index in [0.717, 1.165) is 0 Å². The maximum atomic E-state index is 12.5. The van der Waals surface area contributed by atoms with E-state index in [2.05, 4.69) is 5.32 Å². The summed E-state index contributed by atoms with van der Waals surface area (Å²) < 4.78 is 10.6. The van der Waals surface area contributed by atoms with Gasteiger partial charge in [0.2, 0.25) is 0 Å². The van der Waals surface area contributed by atoms with Gasteiger partial charge >= 0.3 is 11.9 Å². The van der Waals surface area contributed by atoms with E-state index < -0.39 is 40.9 Å². The first-order valence-electron chi connectivity index (χ1n) is 9.68. The van der Waals surface area contributed by atoms with Crippen molar-refractivity contribution in [3.63, 3.8) is 0 Å². The number of non-ortho nitro benzene ring substituents is 1. The predicted molar refractivity (Wildman–Crippen MR) is 108 cm³/mol. The number of hydrogen-bond acceptors (Lipinski definition) is 9. The van der Waals surface area contributed by atoms with Gasteiger partial charge < -0.3 is 29.2 Å². The molecule has 0 aromatic heterocycles. The minimum atomic E-state index is -1.49. The van der Waals surface area contributed by atoms with Crippen molar-refractivity contribution >= 4 is 23.6 Å². The number of ether oxygens (including phenoxy) is 2. The molecule has 3 atom stereocenters. The molecular weight excluding hydrogens is 410 g/mol. The lowest BCUT2D eigenvalue weighted by atomic mass is 9.98. The number of hydrogen-bond donors (Lipinski definition) is 1. The summed E-state index contributed by atoms with van der Waals surface area (Å²) >= 11 is 0. The highest BCUT2D eigenvalue weighted by atomic mass is 16.6. The lowest BCUT2D eigenvalue weighted by Gasteiger charge is -2.34. The Bertz CT molecular complexity index is 789. The normalized spacial score (nSPS) is 14.2. The highest BCUT2D eigenvalue weighted by molar-refractivity contribution is 5.79. The minimum absolute atomic E-state index is 0.101. The maximum absolute atomic E-state index is 12.5. The second kappa shape index (κ2) is 11.4. The molecule has 0 spiro atoms. The number of nitro benzene ring substituents is 1. The molecule has 0 aliphatic rings. The number of carboxylic acid groups (broad SMARTS) is 1. The fraction of sp³-hybridized carbons (Fsp3) is 0.550. The Morgan fingerprint density at radius 1 is 1.16 bits per heavy atom. The van der Waals surface area contributed by atoms with Crippen molar-refractivity contribution in [3.05, 3.63) is 39.9 Å². The smallest absolute Gasteiger partial charge is 0.314 e. The average Bonchev–Trinajstić information content (AvgIpc) is 2.63. The Hall–Kier alpha value is -3.05. The number of rotatable bonds is 12. The number of carboxylic acids is 1. The highest BCUT2D eigenvalue weighted by Crippen LogP contribution is 2.21. The second-order valence-electron chi connectivity index (χ2n) is 7.98. The molecule has 1 rings (SSSR count). The molecule has 0 amide bonds. The quantitative estimate of drug-likeness (QED) is 0.198. The van der Waals surface area contributed by atoms with Crippen LogP contribution < -0.4 is 10.4 Å². The molecule has 11 heteroatoms. The summed E-state index contributed by atoms with van der Waals surface area (Å²) in [6.45, 7) is 2.90. The first kappa shape index (κ1) is 26.0. The number of nitro groups is 1. The summed E-state index contributed by atoms with van der Waals surface area (Å²) in [6, 6.07) is 3.92. The lowest BCUT2D eigenvalue weighted by molar-refractivity contribution is -0.873. The largest absolute Gasteiger partial charge is 0.548 e. The van der Waals surface area contributed by atoms with Crippen LogP contribution in [0.2, 0.25) is 0 Å². The number of quaternary nitrogens is 1. The number of carbonyl (C=O) groups excluding carboxylic acids is 3. The highest BCUT2D eigenvalue weighted by Gasteiger charge is 2.32. The van der Waals surface area contributed by atoms with Crippen LogP contribution in [0.3, 0.4) is 0 Å². The Morgan fingerprint density at radius 3 is 2.16 bits per heavy atom. The van der Waals surface area contributed by atoms with E-state index in [1.165, 1.54) is 31.2 Å². The van der Waals surface area contributed by atoms with Crippen molar-refractivity contribution in [2.24, 2.45) is 0 Å². The molecule has 1 N–H and O–H groups in total. The van der Waals surface area contributed by atoms with Crippen molar-refractivity contribution in [1.29, 1.82) is 0 Å². The van der Waals surface area contributed by atoms with E-state index in [1.54, 1.807) is 28.1 Å². The number of nitrogens with one attached hydrogen (secondary N) is 1. The summed E-state index contributed by atoms with van der Waals surface area (Å²) in [7, 11) is 5.42. The fourth-order valence-electron chi connectivity index (χ4n) is 2.98. The van der Waals surface area contributed by atoms with Gasteiger partial charge in [0.05, 0.1) is 50.6 Å². The monoisotopic (exact) mass is 439 g/mol. The SMILES string of the molecule is CCOC(=O)C(CNC(C(=O)[O-])C(C[N+](C)(C)C)OC(C)=O)c1ccc([N+](=O)[O-])cc1. The second-order valence-corrected chi connectivity index (χ2v) is 7.98. The zero-order valence-electron chi connectivity index (χ0n) is 18.3. The molecule has 0 bridgehead atoms. The van der Waals surface area contributed by atoms with E-state index in [9.17, 15) is 29.6 Å². The molecule has 0 heterocycles. The van der Waals surface area contributed by atoms with Crippen LogP contribution in [0.4, 0.5) is 5.69 Å². The number of esters is 2. The number of carbonyl (C=O) groups is 3. The van der Waals surface area contributed by atoms with Crippen LogP contribution >= 0.6 is 0 Å². The van der Waals surface area contributed by atoms with E-state index in [1.807, 2.05) is 0 Å². The van der Waals surface area contributed by atoms with Gasteiger partial charge in [-0.05, 0) is 12.5 Å². The van der Waals surface area contributed by atoms with Crippen LogP contribution in [0.15, 0.2) is 24.3 Å². The Kier molecular flexibility index (Phi) is 9.53. The number of aliphatic carboxylic acids is 1. The average molecular weight is 439 g/mol. The molecule has 0 saturated carbocycles. The van der Waals surface area contributed by atoms with Gasteiger partial charge in [-0.3, -0.25) is 19.7 Å². The van der Waals surface area contributed by atoms with Crippen molar-refractivity contribution in [3.8, 4) is 0 Å². The summed E-state index contributed by atoms with van der Waals surface area (Å²) in [5.74, 6) is -3.71. The maximum Gasteiger partial charge on any atom is 0.314 e. The van der Waals surface area contributed by atoms with Crippen molar-refractivity contribution in [2.45, 2.75) is 31.9 Å². The zero-order valence-corrected chi connectivity index (χ0v) is 18.3. The van der Waals surface area contributed by atoms with Crippen molar-refractivity contribution in [1.82, 2.24) is 5.32 Å². The third kappa shape index (κ3) is 8.69. The van der Waals surface area contributed by atoms with E-state index in [0.29, 0.717) is 10.0 Å². The molecule has 0 aliphatic heterocycles. The summed E-state index contributed by atoms with van der Waals surface area (Å²) in [6.07, 6.45) is -1.05. The molecule has 0 radical (unpaired) electrons. The fourth-order valence-corrected chi connectivity index (χ4v) is 2.98. The molecule has 3 unspecified atom stereocenters. The topological polar surface area (TPSA) is 148 Å². The van der Waals surface area contributed by atoms with Crippen LogP contribution in [-0.2, 0) is 23.9 Å². The minimum Gasteiger partial charge on any atom is -0.548 e. The standard InChI is InChI=1S/C20H29N3O8/c1-6-30-20(27)16(14-7-9-15(10-8-14)22(28)29)11-21-18(19(25)26)17(31-13(2)24)12-23(3,4)5/h7-10,16-18,21H,6,11-12H2,1-5H3. The van der Waals surface area contributed by atoms with E-state index in [-0.39, 0.29) is 25.4 Å². The molecular formula is C20H29N3O8. The van der Waals surface area contributed by atoms with Crippen LogP contribution in [0.25, 0.3) is 0 Å². The van der Waals surface area contributed by atoms with Gasteiger partial charge in [-0.15, -0.1) is 0 Å². The van der Waals surface area contributed by atoms with Gasteiger partial charge in [0.15, 0.2) is 6.10 Å². The molecule has 11 nitrogen and oxygen atoms in total. The third-order valence-electron chi connectivity index (χ3n) is 4.29. The van der Waals surface area contributed by atoms with Gasteiger partial charge in [-0.2, -0.15) is 0 Å². The number of nitrogens with zero attached hydrogens (tertiary/aromatic N) is 2. The van der Waals surface area contributed by atoms with Crippen LogP contribution in [-0.4, -0.2) is 80.3 Å². The number of likely N-dealkylation sites (N-methyl/N-ethyl adjacent to an activating group) is 1. The third-order valence-corrected chi connectivity index (χ3v) is 4.29. The Labute approximate surface area is 180 Å². The van der Waals surface area contributed by atoms with E-state index in [4.69, 9.17) is 9.47 Å².